The molecule has 1 rings (SSSR count). The number of nitrogen functional groups attached to an aromatic ring is 1. The molecule has 0 aliphatic rings. The first kappa shape index (κ1) is 8.35. The number of anilines is 1. The van der Waals surface area contributed by atoms with Gasteiger partial charge in [0.15, 0.2) is 5.75 Å². The van der Waals surface area contributed by atoms with Crippen molar-refractivity contribution in [1.29, 1.82) is 0 Å². The molecule has 0 radical (unpaired) electrons. The lowest BCUT2D eigenvalue weighted by molar-refractivity contribution is 0.0692. The molecule has 0 heterocycles. The van der Waals surface area contributed by atoms with Gasteiger partial charge < -0.3 is 15.7 Å². The normalized spacial score (nSPS) is 9.42. The molecule has 0 fully saturated rings. The van der Waals surface area contributed by atoms with Gasteiger partial charge in [-0.15, -0.1) is 0 Å². The van der Waals surface area contributed by atoms with E-state index in [9.17, 15) is 4.79 Å². The van der Waals surface area contributed by atoms with Crippen LogP contribution in [0.25, 0.3) is 0 Å². The van der Waals surface area contributed by atoms with Crippen molar-refractivity contribution in [3.63, 3.8) is 0 Å². The molecule has 0 spiro atoms. The van der Waals surface area contributed by atoms with E-state index in [0.717, 1.165) is 0 Å². The second-order valence-electron chi connectivity index (χ2n) is 2.18. The Kier molecular flexibility index (Phi) is 2.16. The quantitative estimate of drug-likeness (QED) is 0.433. The maximum absolute atomic E-state index is 10.5. The minimum Gasteiger partial charge on any atom is -0.478 e. The van der Waals surface area contributed by atoms with Crippen LogP contribution in [0.5, 0.6) is 5.75 Å². The number of carbonyl (C=O) groups is 1. The van der Waals surface area contributed by atoms with E-state index in [1.807, 2.05) is 0 Å². The van der Waals surface area contributed by atoms with Crippen LogP contribution in [0, 0.1) is 0 Å². The second kappa shape index (κ2) is 3.10. The third-order valence-corrected chi connectivity index (χ3v) is 1.36. The fourth-order valence-corrected chi connectivity index (χ4v) is 0.813. The summed E-state index contributed by atoms with van der Waals surface area (Å²) in [6, 6.07) is 4.15. The van der Waals surface area contributed by atoms with Gasteiger partial charge in [0.2, 0.25) is 0 Å². The van der Waals surface area contributed by atoms with Crippen molar-refractivity contribution in [2.75, 3.05) is 5.73 Å². The Hall–Kier alpha value is -1.75. The molecule has 64 valence electrons. The van der Waals surface area contributed by atoms with Gasteiger partial charge in [-0.05, 0) is 12.1 Å². The van der Waals surface area contributed by atoms with Crippen LogP contribution >= 0.6 is 0 Å². The van der Waals surface area contributed by atoms with Gasteiger partial charge in [0.05, 0.1) is 0 Å². The molecule has 12 heavy (non-hydrogen) atoms. The van der Waals surface area contributed by atoms with Gasteiger partial charge in [0, 0.05) is 11.8 Å². The number of aromatic carboxylic acids is 1. The number of hydrogen-bond donors (Lipinski definition) is 3. The van der Waals surface area contributed by atoms with Crippen molar-refractivity contribution in [3.8, 4) is 5.75 Å². The molecule has 0 atom stereocenters. The van der Waals surface area contributed by atoms with Crippen molar-refractivity contribution in [2.45, 2.75) is 0 Å². The summed E-state index contributed by atoms with van der Waals surface area (Å²) >= 11 is 0. The van der Waals surface area contributed by atoms with Gasteiger partial charge in [-0.25, -0.2) is 4.79 Å². The summed E-state index contributed by atoms with van der Waals surface area (Å²) in [6.07, 6.45) is 0. The number of benzene rings is 1. The van der Waals surface area contributed by atoms with E-state index in [-0.39, 0.29) is 11.3 Å². The monoisotopic (exact) mass is 168 g/mol. The van der Waals surface area contributed by atoms with Gasteiger partial charge in [-0.1, -0.05) is 0 Å². The first-order valence-electron chi connectivity index (χ1n) is 3.14. The summed E-state index contributed by atoms with van der Waals surface area (Å²) in [5.74, 6) is 3.79. The van der Waals surface area contributed by atoms with Crippen molar-refractivity contribution >= 4 is 11.7 Å². The molecular formula is C7H8N2O3. The summed E-state index contributed by atoms with van der Waals surface area (Å²) in [6.45, 7) is 0. The Labute approximate surface area is 68.5 Å². The lowest BCUT2D eigenvalue weighted by Gasteiger charge is -2.03. The molecule has 0 bridgehead atoms. The van der Waals surface area contributed by atoms with Crippen LogP contribution in [0.1, 0.15) is 10.4 Å². The summed E-state index contributed by atoms with van der Waals surface area (Å²) in [7, 11) is 0. The highest BCUT2D eigenvalue weighted by Crippen LogP contribution is 2.20. The molecule has 0 saturated heterocycles. The predicted molar refractivity (Wildman–Crippen MR) is 42.6 cm³/mol. The van der Waals surface area contributed by atoms with Crippen molar-refractivity contribution in [3.05, 3.63) is 23.8 Å². The van der Waals surface area contributed by atoms with Gasteiger partial charge >= 0.3 is 5.97 Å². The van der Waals surface area contributed by atoms with Crippen LogP contribution in [0.3, 0.4) is 0 Å². The Balaban J connectivity index is 3.20. The van der Waals surface area contributed by atoms with Crippen LogP contribution in [0.2, 0.25) is 0 Å². The van der Waals surface area contributed by atoms with Gasteiger partial charge in [-0.3, -0.25) is 0 Å². The zero-order valence-corrected chi connectivity index (χ0v) is 6.15. The number of carboxylic acids is 1. The van der Waals surface area contributed by atoms with E-state index in [1.165, 1.54) is 18.2 Å². The average Bonchev–Trinajstić information content (AvgIpc) is 2.03. The van der Waals surface area contributed by atoms with Crippen LogP contribution in [0.4, 0.5) is 5.69 Å². The molecule has 0 aliphatic carbocycles. The maximum atomic E-state index is 10.5. The number of nitrogens with two attached hydrogens (primary N) is 2. The third kappa shape index (κ3) is 1.46. The van der Waals surface area contributed by atoms with Crippen LogP contribution < -0.4 is 16.5 Å². The highest BCUT2D eigenvalue weighted by Gasteiger charge is 2.10. The molecule has 0 aliphatic heterocycles. The summed E-state index contributed by atoms with van der Waals surface area (Å²) < 4.78 is 0. The smallest absolute Gasteiger partial charge is 0.339 e. The minimum atomic E-state index is -1.10. The number of hydrogen-bond acceptors (Lipinski definition) is 4. The fraction of sp³-hybridized carbons (Fsp3) is 0. The van der Waals surface area contributed by atoms with Crippen molar-refractivity contribution in [1.82, 2.24) is 0 Å². The zero-order chi connectivity index (χ0) is 9.14. The molecule has 5 nitrogen and oxygen atoms in total. The molecule has 0 amide bonds. The topological polar surface area (TPSA) is 98.6 Å². The lowest BCUT2D eigenvalue weighted by atomic mass is 10.2. The van der Waals surface area contributed by atoms with E-state index in [0.29, 0.717) is 5.69 Å². The zero-order valence-electron chi connectivity index (χ0n) is 6.15. The first-order chi connectivity index (χ1) is 5.65. The number of carboxylic acid groups (broad SMARTS) is 1. The SMILES string of the molecule is NOc1cc(N)ccc1C(=O)O. The molecule has 0 saturated carbocycles. The molecular weight excluding hydrogens is 160 g/mol. The average molecular weight is 168 g/mol. The summed E-state index contributed by atoms with van der Waals surface area (Å²) in [4.78, 5) is 14.8. The molecule has 5 heteroatoms. The largest absolute Gasteiger partial charge is 0.478 e. The maximum Gasteiger partial charge on any atom is 0.339 e. The highest BCUT2D eigenvalue weighted by molar-refractivity contribution is 5.91. The van der Waals surface area contributed by atoms with E-state index in [2.05, 4.69) is 4.84 Å². The fourth-order valence-electron chi connectivity index (χ4n) is 0.813. The molecule has 1 aromatic carbocycles. The first-order valence-corrected chi connectivity index (χ1v) is 3.14. The Morgan fingerprint density at radius 3 is 2.67 bits per heavy atom. The van der Waals surface area contributed by atoms with Gasteiger partial charge in [0.1, 0.15) is 5.56 Å². The van der Waals surface area contributed by atoms with E-state index in [1.54, 1.807) is 0 Å². The van der Waals surface area contributed by atoms with Crippen molar-refractivity contribution < 1.29 is 14.7 Å². The lowest BCUT2D eigenvalue weighted by Crippen LogP contribution is -2.08. The van der Waals surface area contributed by atoms with E-state index in [4.69, 9.17) is 16.7 Å². The molecule has 1 aromatic rings. The standard InChI is InChI=1S/C7H8N2O3/c8-4-1-2-5(7(10)11)6(3-4)12-9/h1-3H,8-9H2,(H,10,11). The minimum absolute atomic E-state index is 0.00769. The molecule has 0 unspecified atom stereocenters. The number of rotatable bonds is 2. The van der Waals surface area contributed by atoms with Crippen LogP contribution in [0.15, 0.2) is 18.2 Å². The summed E-state index contributed by atoms with van der Waals surface area (Å²) in [5.41, 5.74) is 5.77. The van der Waals surface area contributed by atoms with Gasteiger partial charge in [-0.2, -0.15) is 5.90 Å². The van der Waals surface area contributed by atoms with E-state index < -0.39 is 5.97 Å². The molecule has 5 N–H and O–H groups in total. The highest BCUT2D eigenvalue weighted by atomic mass is 16.6. The van der Waals surface area contributed by atoms with Crippen LogP contribution in [-0.4, -0.2) is 11.1 Å². The van der Waals surface area contributed by atoms with Crippen molar-refractivity contribution in [2.24, 2.45) is 5.90 Å². The third-order valence-electron chi connectivity index (χ3n) is 1.36. The summed E-state index contributed by atoms with van der Waals surface area (Å²) in [5, 5.41) is 8.61. The Morgan fingerprint density at radius 1 is 1.50 bits per heavy atom. The van der Waals surface area contributed by atoms with E-state index >= 15 is 0 Å². The van der Waals surface area contributed by atoms with Crippen LogP contribution in [-0.2, 0) is 0 Å². The predicted octanol–water partition coefficient (Wildman–Crippen LogP) is 0.219. The Bertz CT molecular complexity index is 312. The van der Waals surface area contributed by atoms with Gasteiger partial charge in [0.25, 0.3) is 0 Å². The second-order valence-corrected chi connectivity index (χ2v) is 2.18. The Morgan fingerprint density at radius 2 is 2.17 bits per heavy atom. The molecule has 0 aromatic heterocycles.